The average molecular weight is 239 g/mol. The van der Waals surface area contributed by atoms with Crippen molar-refractivity contribution in [2.24, 2.45) is 0 Å². The summed E-state index contributed by atoms with van der Waals surface area (Å²) in [6, 6.07) is 0. The highest BCUT2D eigenvalue weighted by molar-refractivity contribution is 4.80. The molecule has 9 heteroatoms. The second-order valence-corrected chi connectivity index (χ2v) is 3.04. The van der Waals surface area contributed by atoms with Crippen LogP contribution in [-0.2, 0) is 17.8 Å². The van der Waals surface area contributed by atoms with E-state index < -0.39 is 12.7 Å². The lowest BCUT2D eigenvalue weighted by Gasteiger charge is -2.08. The first-order chi connectivity index (χ1) is 7.53. The maximum absolute atomic E-state index is 12.1. The van der Waals surface area contributed by atoms with E-state index in [9.17, 15) is 13.2 Å². The van der Waals surface area contributed by atoms with E-state index in [1.807, 2.05) is 0 Å². The van der Waals surface area contributed by atoms with E-state index in [1.54, 1.807) is 0 Å². The Morgan fingerprint density at radius 3 is 2.81 bits per heavy atom. The molecule has 0 atom stereocenters. The molecule has 0 spiro atoms. The molecular weight excluding hydrogens is 227 g/mol. The van der Waals surface area contributed by atoms with Crippen molar-refractivity contribution in [1.29, 1.82) is 0 Å². The zero-order valence-corrected chi connectivity index (χ0v) is 8.66. The standard InChI is InChI=1S/C7H12F3N5O/c1-16-3-2-11-4-6-12-13-14-15(6)5-7(8,9)10/h11H,2-5H2,1H3. The number of aromatic nitrogens is 4. The van der Waals surface area contributed by atoms with Gasteiger partial charge in [0, 0.05) is 13.7 Å². The van der Waals surface area contributed by atoms with E-state index in [4.69, 9.17) is 4.74 Å². The predicted molar refractivity (Wildman–Crippen MR) is 47.5 cm³/mol. The van der Waals surface area contributed by atoms with Crippen LogP contribution in [0.1, 0.15) is 5.82 Å². The molecule has 1 aromatic rings. The predicted octanol–water partition coefficient (Wildman–Crippen LogP) is -0.0286. The second-order valence-electron chi connectivity index (χ2n) is 3.04. The number of hydrogen-bond donors (Lipinski definition) is 1. The molecule has 0 fully saturated rings. The van der Waals surface area contributed by atoms with Crippen LogP contribution in [-0.4, -0.2) is 46.6 Å². The van der Waals surface area contributed by atoms with Crippen LogP contribution in [0.3, 0.4) is 0 Å². The van der Waals surface area contributed by atoms with Gasteiger partial charge in [-0.15, -0.1) is 5.10 Å². The molecule has 0 aliphatic rings. The summed E-state index contributed by atoms with van der Waals surface area (Å²) in [6.45, 7) is -0.00997. The van der Waals surface area contributed by atoms with Gasteiger partial charge < -0.3 is 10.1 Å². The third kappa shape index (κ3) is 4.53. The topological polar surface area (TPSA) is 64.9 Å². The molecule has 1 N–H and O–H groups in total. The number of tetrazole rings is 1. The summed E-state index contributed by atoms with van der Waals surface area (Å²) in [7, 11) is 1.54. The van der Waals surface area contributed by atoms with Crippen LogP contribution in [0, 0.1) is 0 Å². The van der Waals surface area contributed by atoms with Gasteiger partial charge in [-0.05, 0) is 10.4 Å². The number of nitrogens with one attached hydrogen (secondary N) is 1. The number of methoxy groups -OCH3 is 1. The van der Waals surface area contributed by atoms with E-state index in [0.717, 1.165) is 4.68 Å². The molecule has 0 aliphatic carbocycles. The molecule has 0 aromatic carbocycles. The lowest BCUT2D eigenvalue weighted by molar-refractivity contribution is -0.143. The first-order valence-corrected chi connectivity index (χ1v) is 4.54. The van der Waals surface area contributed by atoms with Gasteiger partial charge in [-0.1, -0.05) is 0 Å². The summed E-state index contributed by atoms with van der Waals surface area (Å²) in [5, 5.41) is 12.8. The molecule has 92 valence electrons. The van der Waals surface area contributed by atoms with Crippen molar-refractivity contribution in [2.45, 2.75) is 19.3 Å². The van der Waals surface area contributed by atoms with Crippen molar-refractivity contribution in [1.82, 2.24) is 25.5 Å². The maximum atomic E-state index is 12.1. The molecule has 16 heavy (non-hydrogen) atoms. The fraction of sp³-hybridized carbons (Fsp3) is 0.857. The summed E-state index contributed by atoms with van der Waals surface area (Å²) >= 11 is 0. The smallest absolute Gasteiger partial charge is 0.383 e. The molecule has 0 saturated carbocycles. The van der Waals surface area contributed by atoms with Gasteiger partial charge in [0.2, 0.25) is 0 Å². The first-order valence-electron chi connectivity index (χ1n) is 4.54. The van der Waals surface area contributed by atoms with E-state index >= 15 is 0 Å². The highest BCUT2D eigenvalue weighted by Gasteiger charge is 2.29. The number of ether oxygens (including phenoxy) is 1. The van der Waals surface area contributed by atoms with Gasteiger partial charge in [-0.3, -0.25) is 0 Å². The lowest BCUT2D eigenvalue weighted by Crippen LogP contribution is -2.25. The van der Waals surface area contributed by atoms with Gasteiger partial charge in [-0.2, -0.15) is 13.2 Å². The van der Waals surface area contributed by atoms with Gasteiger partial charge in [0.15, 0.2) is 5.82 Å². The summed E-state index contributed by atoms with van der Waals surface area (Å²) in [5.41, 5.74) is 0. The van der Waals surface area contributed by atoms with Crippen LogP contribution in [0.2, 0.25) is 0 Å². The Kier molecular flexibility index (Phi) is 4.62. The first kappa shape index (κ1) is 12.8. The third-order valence-corrected chi connectivity index (χ3v) is 1.70. The van der Waals surface area contributed by atoms with Crippen LogP contribution in [0.15, 0.2) is 0 Å². The molecule has 6 nitrogen and oxygen atoms in total. The molecule has 1 heterocycles. The minimum absolute atomic E-state index is 0.147. The summed E-state index contributed by atoms with van der Waals surface area (Å²) in [6.07, 6.45) is -4.32. The van der Waals surface area contributed by atoms with E-state index in [0.29, 0.717) is 13.2 Å². The zero-order chi connectivity index (χ0) is 12.0. The molecule has 0 aliphatic heterocycles. The Morgan fingerprint density at radius 2 is 2.19 bits per heavy atom. The molecule has 0 amide bonds. The van der Waals surface area contributed by atoms with Crippen molar-refractivity contribution in [3.63, 3.8) is 0 Å². The van der Waals surface area contributed by atoms with Crippen LogP contribution < -0.4 is 5.32 Å². The largest absolute Gasteiger partial charge is 0.408 e. The Labute approximate surface area is 89.8 Å². The summed E-state index contributed by atoms with van der Waals surface area (Å²) in [4.78, 5) is 0. The monoisotopic (exact) mass is 239 g/mol. The van der Waals surface area contributed by atoms with Gasteiger partial charge in [-0.25, -0.2) is 4.68 Å². The molecule has 0 bridgehead atoms. The molecule has 0 saturated heterocycles. The van der Waals surface area contributed by atoms with Gasteiger partial charge in [0.1, 0.15) is 6.54 Å². The van der Waals surface area contributed by atoms with Crippen molar-refractivity contribution in [2.75, 3.05) is 20.3 Å². The summed E-state index contributed by atoms with van der Waals surface area (Å²) in [5.74, 6) is 0.147. The minimum atomic E-state index is -4.32. The SMILES string of the molecule is COCCNCc1nnnn1CC(F)(F)F. The highest BCUT2D eigenvalue weighted by atomic mass is 19.4. The third-order valence-electron chi connectivity index (χ3n) is 1.70. The van der Waals surface area contributed by atoms with Crippen molar-refractivity contribution in [3.8, 4) is 0 Å². The molecule has 1 rings (SSSR count). The number of rotatable bonds is 6. The Hall–Kier alpha value is -1.22. The van der Waals surface area contributed by atoms with Gasteiger partial charge in [0.25, 0.3) is 0 Å². The zero-order valence-electron chi connectivity index (χ0n) is 8.66. The second kappa shape index (κ2) is 5.75. The number of halogens is 3. The van der Waals surface area contributed by atoms with E-state index in [-0.39, 0.29) is 12.4 Å². The van der Waals surface area contributed by atoms with Crippen molar-refractivity contribution >= 4 is 0 Å². The van der Waals surface area contributed by atoms with Crippen LogP contribution >= 0.6 is 0 Å². The van der Waals surface area contributed by atoms with Crippen molar-refractivity contribution < 1.29 is 17.9 Å². The fourth-order valence-corrected chi connectivity index (χ4v) is 1.02. The lowest BCUT2D eigenvalue weighted by atomic mass is 10.5. The Balaban J connectivity index is 2.44. The van der Waals surface area contributed by atoms with Gasteiger partial charge >= 0.3 is 6.18 Å². The molecule has 0 unspecified atom stereocenters. The van der Waals surface area contributed by atoms with E-state index in [2.05, 4.69) is 20.8 Å². The van der Waals surface area contributed by atoms with Gasteiger partial charge in [0.05, 0.1) is 13.2 Å². The van der Waals surface area contributed by atoms with Crippen molar-refractivity contribution in [3.05, 3.63) is 5.82 Å². The van der Waals surface area contributed by atoms with Crippen LogP contribution in [0.25, 0.3) is 0 Å². The molecule has 0 radical (unpaired) electrons. The normalized spacial score (nSPS) is 12.0. The number of nitrogens with zero attached hydrogens (tertiary/aromatic N) is 4. The number of hydrogen-bond acceptors (Lipinski definition) is 5. The molecular formula is C7H12F3N5O. The van der Waals surface area contributed by atoms with E-state index in [1.165, 1.54) is 7.11 Å². The average Bonchev–Trinajstić information content (AvgIpc) is 2.58. The highest BCUT2D eigenvalue weighted by Crippen LogP contribution is 2.16. The minimum Gasteiger partial charge on any atom is -0.383 e. The fourth-order valence-electron chi connectivity index (χ4n) is 1.02. The van der Waals surface area contributed by atoms with Crippen LogP contribution in [0.5, 0.6) is 0 Å². The summed E-state index contributed by atoms with van der Waals surface area (Å²) < 4.78 is 41.7. The quantitative estimate of drug-likeness (QED) is 0.706. The number of alkyl halides is 3. The van der Waals surface area contributed by atoms with Crippen LogP contribution in [0.4, 0.5) is 13.2 Å². The Bertz CT molecular complexity index is 313. The Morgan fingerprint density at radius 1 is 1.44 bits per heavy atom. The molecule has 1 aromatic heterocycles. The maximum Gasteiger partial charge on any atom is 0.408 e.